The van der Waals surface area contributed by atoms with E-state index in [0.29, 0.717) is 36.7 Å². The van der Waals surface area contributed by atoms with Crippen LogP contribution in [-0.4, -0.2) is 44.0 Å². The van der Waals surface area contributed by atoms with Crippen LogP contribution in [-0.2, 0) is 4.74 Å². The quantitative estimate of drug-likeness (QED) is 0.686. The van der Waals surface area contributed by atoms with Gasteiger partial charge >= 0.3 is 0 Å². The molecule has 0 bridgehead atoms. The second kappa shape index (κ2) is 8.65. The van der Waals surface area contributed by atoms with Crippen LogP contribution in [0.25, 0.3) is 0 Å². The molecule has 0 aliphatic carbocycles. The van der Waals surface area contributed by atoms with Gasteiger partial charge in [0.15, 0.2) is 5.78 Å². The number of ketones is 1. The molecule has 5 heteroatoms. The summed E-state index contributed by atoms with van der Waals surface area (Å²) < 4.78 is 5.00. The Labute approximate surface area is 118 Å². The number of carbonyl (C=O) groups is 1. The Balaban J connectivity index is 2.65. The molecule has 0 aliphatic heterocycles. The molecule has 4 nitrogen and oxygen atoms in total. The van der Waals surface area contributed by atoms with Crippen molar-refractivity contribution in [1.82, 2.24) is 4.90 Å². The number of hydrogen-bond donors (Lipinski definition) is 0. The molecule has 0 amide bonds. The van der Waals surface area contributed by atoms with Crippen LogP contribution in [0.2, 0.25) is 5.02 Å². The molecular formula is C14H17ClN2O2. The van der Waals surface area contributed by atoms with Gasteiger partial charge in [0.25, 0.3) is 0 Å². The van der Waals surface area contributed by atoms with Crippen molar-refractivity contribution in [2.75, 3.05) is 33.4 Å². The summed E-state index contributed by atoms with van der Waals surface area (Å²) in [7, 11) is 1.61. The highest BCUT2D eigenvalue weighted by molar-refractivity contribution is 6.34. The minimum absolute atomic E-state index is 0.0420. The van der Waals surface area contributed by atoms with Crippen molar-refractivity contribution in [3.05, 3.63) is 34.9 Å². The number of rotatable bonds is 8. The fraction of sp³-hybridized carbons (Fsp3) is 0.429. The second-order valence-electron chi connectivity index (χ2n) is 4.08. The van der Waals surface area contributed by atoms with Gasteiger partial charge in [-0.25, -0.2) is 0 Å². The SMILES string of the molecule is COCCN(CCC#N)CC(=O)c1ccccc1Cl. The zero-order valence-electron chi connectivity index (χ0n) is 10.9. The van der Waals surface area contributed by atoms with E-state index in [1.807, 2.05) is 4.90 Å². The van der Waals surface area contributed by atoms with Gasteiger partial charge in [0, 0.05) is 32.2 Å². The summed E-state index contributed by atoms with van der Waals surface area (Å²) in [5, 5.41) is 9.08. The van der Waals surface area contributed by atoms with E-state index in [-0.39, 0.29) is 12.3 Å². The largest absolute Gasteiger partial charge is 0.383 e. The Bertz CT molecular complexity index is 457. The molecule has 0 aromatic heterocycles. The van der Waals surface area contributed by atoms with Crippen LogP contribution in [0.3, 0.4) is 0 Å². The van der Waals surface area contributed by atoms with Gasteiger partial charge in [-0.3, -0.25) is 9.69 Å². The smallest absolute Gasteiger partial charge is 0.178 e. The minimum Gasteiger partial charge on any atom is -0.383 e. The number of halogens is 1. The normalized spacial score (nSPS) is 10.4. The summed E-state index contributed by atoms with van der Waals surface area (Å²) >= 11 is 5.99. The lowest BCUT2D eigenvalue weighted by Gasteiger charge is -2.20. The maximum Gasteiger partial charge on any atom is 0.178 e. The molecule has 1 aromatic carbocycles. The van der Waals surface area contributed by atoms with E-state index in [0.717, 1.165) is 0 Å². The molecule has 1 rings (SSSR count). The highest BCUT2D eigenvalue weighted by Crippen LogP contribution is 2.15. The molecule has 0 saturated heterocycles. The Hall–Kier alpha value is -1.41. The maximum absolute atomic E-state index is 12.2. The van der Waals surface area contributed by atoms with E-state index in [4.69, 9.17) is 21.6 Å². The van der Waals surface area contributed by atoms with E-state index in [1.54, 1.807) is 31.4 Å². The first-order chi connectivity index (χ1) is 9.19. The van der Waals surface area contributed by atoms with Crippen molar-refractivity contribution >= 4 is 17.4 Å². The Kier molecular flexibility index (Phi) is 7.12. The zero-order valence-corrected chi connectivity index (χ0v) is 11.7. The van der Waals surface area contributed by atoms with Crippen molar-refractivity contribution < 1.29 is 9.53 Å². The van der Waals surface area contributed by atoms with Gasteiger partial charge in [-0.05, 0) is 12.1 Å². The summed E-state index contributed by atoms with van der Waals surface area (Å²) in [6, 6.07) is 9.06. The van der Waals surface area contributed by atoms with E-state index < -0.39 is 0 Å². The van der Waals surface area contributed by atoms with Crippen LogP contribution in [0, 0.1) is 11.3 Å². The third-order valence-corrected chi connectivity index (χ3v) is 3.02. The Morgan fingerprint density at radius 3 is 2.79 bits per heavy atom. The number of nitriles is 1. The van der Waals surface area contributed by atoms with E-state index in [2.05, 4.69) is 6.07 Å². The molecule has 0 heterocycles. The molecule has 0 saturated carbocycles. The molecular weight excluding hydrogens is 264 g/mol. The van der Waals surface area contributed by atoms with Gasteiger partial charge in [-0.15, -0.1) is 0 Å². The lowest BCUT2D eigenvalue weighted by Crippen LogP contribution is -2.33. The monoisotopic (exact) mass is 280 g/mol. The van der Waals surface area contributed by atoms with Gasteiger partial charge < -0.3 is 4.74 Å². The number of methoxy groups -OCH3 is 1. The molecule has 0 aliphatic rings. The Morgan fingerprint density at radius 2 is 2.16 bits per heavy atom. The molecule has 0 atom stereocenters. The average Bonchev–Trinajstić information content (AvgIpc) is 2.42. The number of Topliss-reactive ketones (excluding diaryl/α,β-unsaturated/α-hetero) is 1. The highest BCUT2D eigenvalue weighted by Gasteiger charge is 2.14. The standard InChI is InChI=1S/C14H17ClN2O2/c1-19-10-9-17(8-4-7-16)11-14(18)12-5-2-3-6-13(12)15/h2-3,5-6H,4,8-11H2,1H3. The fourth-order valence-corrected chi connectivity index (χ4v) is 1.92. The number of hydrogen-bond acceptors (Lipinski definition) is 4. The van der Waals surface area contributed by atoms with Gasteiger partial charge in [-0.2, -0.15) is 5.26 Å². The van der Waals surface area contributed by atoms with Gasteiger partial charge in [0.1, 0.15) is 0 Å². The van der Waals surface area contributed by atoms with Crippen molar-refractivity contribution in [3.8, 4) is 6.07 Å². The predicted molar refractivity (Wildman–Crippen MR) is 74.3 cm³/mol. The topological polar surface area (TPSA) is 53.3 Å². The minimum atomic E-state index is -0.0420. The second-order valence-corrected chi connectivity index (χ2v) is 4.49. The first kappa shape index (κ1) is 15.6. The van der Waals surface area contributed by atoms with Crippen molar-refractivity contribution in [3.63, 3.8) is 0 Å². The van der Waals surface area contributed by atoms with Crippen LogP contribution in [0.5, 0.6) is 0 Å². The van der Waals surface area contributed by atoms with Crippen LogP contribution >= 0.6 is 11.6 Å². The summed E-state index contributed by atoms with van der Waals surface area (Å²) in [5.41, 5.74) is 0.517. The Morgan fingerprint density at radius 1 is 1.42 bits per heavy atom. The van der Waals surface area contributed by atoms with Crippen LogP contribution in [0.4, 0.5) is 0 Å². The van der Waals surface area contributed by atoms with E-state index >= 15 is 0 Å². The summed E-state index contributed by atoms with van der Waals surface area (Å²) in [4.78, 5) is 14.1. The molecule has 0 radical (unpaired) electrons. The van der Waals surface area contributed by atoms with E-state index in [9.17, 15) is 4.79 Å². The first-order valence-electron chi connectivity index (χ1n) is 6.05. The number of ether oxygens (including phenoxy) is 1. The summed E-state index contributed by atoms with van der Waals surface area (Å²) in [6.07, 6.45) is 0.388. The molecule has 102 valence electrons. The lowest BCUT2D eigenvalue weighted by atomic mass is 10.1. The third kappa shape index (κ3) is 5.39. The van der Waals surface area contributed by atoms with E-state index in [1.165, 1.54) is 0 Å². The van der Waals surface area contributed by atoms with Crippen molar-refractivity contribution in [1.29, 1.82) is 5.26 Å². The average molecular weight is 281 g/mol. The molecule has 0 spiro atoms. The van der Waals surface area contributed by atoms with Crippen molar-refractivity contribution in [2.24, 2.45) is 0 Å². The van der Waals surface area contributed by atoms with Crippen molar-refractivity contribution in [2.45, 2.75) is 6.42 Å². The van der Waals surface area contributed by atoms with Gasteiger partial charge in [0.2, 0.25) is 0 Å². The van der Waals surface area contributed by atoms with Crippen LogP contribution in [0.1, 0.15) is 16.8 Å². The van der Waals surface area contributed by atoms with Crippen LogP contribution in [0.15, 0.2) is 24.3 Å². The first-order valence-corrected chi connectivity index (χ1v) is 6.42. The maximum atomic E-state index is 12.2. The molecule has 1 aromatic rings. The molecule has 0 unspecified atom stereocenters. The zero-order chi connectivity index (χ0) is 14.1. The van der Waals surface area contributed by atoms with Gasteiger partial charge in [-0.1, -0.05) is 23.7 Å². The van der Waals surface area contributed by atoms with Crippen LogP contribution < -0.4 is 0 Å². The molecule has 0 N–H and O–H groups in total. The van der Waals surface area contributed by atoms with Gasteiger partial charge in [0.05, 0.1) is 24.2 Å². The molecule has 0 fully saturated rings. The summed E-state index contributed by atoms with van der Waals surface area (Å²) in [5.74, 6) is -0.0420. The fourth-order valence-electron chi connectivity index (χ4n) is 1.67. The number of benzene rings is 1. The highest BCUT2D eigenvalue weighted by atomic mass is 35.5. The molecule has 19 heavy (non-hydrogen) atoms. The predicted octanol–water partition coefficient (Wildman–Crippen LogP) is 2.38. The number of nitrogens with zero attached hydrogens (tertiary/aromatic N) is 2. The summed E-state index contributed by atoms with van der Waals surface area (Å²) in [6.45, 7) is 1.94. The number of carbonyl (C=O) groups excluding carboxylic acids is 1. The lowest BCUT2D eigenvalue weighted by molar-refractivity contribution is 0.0898. The third-order valence-electron chi connectivity index (χ3n) is 2.69.